The minimum absolute atomic E-state index is 0.0237. The number of anilines is 1. The molecule has 0 bridgehead atoms. The molecule has 5 heteroatoms. The van der Waals surface area contributed by atoms with E-state index in [1.807, 2.05) is 0 Å². The molecule has 1 heterocycles. The highest BCUT2D eigenvalue weighted by Gasteiger charge is 2.23. The minimum atomic E-state index is -1.02. The van der Waals surface area contributed by atoms with Crippen LogP contribution in [0.1, 0.15) is 48.2 Å². The lowest BCUT2D eigenvalue weighted by atomic mass is 9.88. The van der Waals surface area contributed by atoms with E-state index in [0.29, 0.717) is 11.4 Å². The third-order valence-corrected chi connectivity index (χ3v) is 3.53. The molecule has 0 atom stereocenters. The van der Waals surface area contributed by atoms with Crippen LogP contribution in [0.3, 0.4) is 0 Å². The molecule has 0 saturated heterocycles. The number of carboxylic acid groups (broad SMARTS) is 1. The Hall–Kier alpha value is -1.78. The quantitative estimate of drug-likeness (QED) is 0.771. The predicted octanol–water partition coefficient (Wildman–Crippen LogP) is 2.54. The highest BCUT2D eigenvalue weighted by molar-refractivity contribution is 6.02. The SMILES string of the molecule is Cc1[nH]cc(NC(=O)C2CCCCC2)c1C(=O)O. The van der Waals surface area contributed by atoms with Crippen molar-refractivity contribution in [3.05, 3.63) is 17.5 Å². The standard InChI is InChI=1S/C13H18N2O3/c1-8-11(13(17)18)10(7-14-8)15-12(16)9-5-3-2-4-6-9/h7,9,14H,2-6H2,1H3,(H,15,16)(H,17,18). The van der Waals surface area contributed by atoms with Crippen LogP contribution < -0.4 is 5.32 Å². The molecule has 2 rings (SSSR count). The van der Waals surface area contributed by atoms with Gasteiger partial charge in [0.25, 0.3) is 0 Å². The summed E-state index contributed by atoms with van der Waals surface area (Å²) in [7, 11) is 0. The van der Waals surface area contributed by atoms with Crippen LogP contribution >= 0.6 is 0 Å². The highest BCUT2D eigenvalue weighted by atomic mass is 16.4. The summed E-state index contributed by atoms with van der Waals surface area (Å²) in [5, 5.41) is 11.8. The second-order valence-corrected chi connectivity index (χ2v) is 4.83. The van der Waals surface area contributed by atoms with Crippen LogP contribution in [0.2, 0.25) is 0 Å². The first-order valence-electron chi connectivity index (χ1n) is 6.31. The third-order valence-electron chi connectivity index (χ3n) is 3.53. The van der Waals surface area contributed by atoms with Gasteiger partial charge in [0, 0.05) is 17.8 Å². The van der Waals surface area contributed by atoms with Crippen molar-refractivity contribution in [1.82, 2.24) is 4.98 Å². The van der Waals surface area contributed by atoms with E-state index < -0.39 is 5.97 Å². The maximum Gasteiger partial charge on any atom is 0.339 e. The summed E-state index contributed by atoms with van der Waals surface area (Å²) in [5.74, 6) is -1.06. The van der Waals surface area contributed by atoms with E-state index in [1.165, 1.54) is 6.42 Å². The summed E-state index contributed by atoms with van der Waals surface area (Å²) in [6.45, 7) is 1.68. The van der Waals surface area contributed by atoms with Gasteiger partial charge in [0.1, 0.15) is 5.56 Å². The summed E-state index contributed by atoms with van der Waals surface area (Å²) in [5.41, 5.74) is 1.08. The average molecular weight is 250 g/mol. The van der Waals surface area contributed by atoms with Crippen LogP contribution in [0.25, 0.3) is 0 Å². The summed E-state index contributed by atoms with van der Waals surface area (Å²) in [6.07, 6.45) is 6.69. The molecule has 1 saturated carbocycles. The average Bonchev–Trinajstić information content (AvgIpc) is 2.71. The Balaban J connectivity index is 2.09. The van der Waals surface area contributed by atoms with Crippen molar-refractivity contribution in [3.8, 4) is 0 Å². The zero-order chi connectivity index (χ0) is 13.1. The van der Waals surface area contributed by atoms with Crippen molar-refractivity contribution in [2.45, 2.75) is 39.0 Å². The molecule has 3 N–H and O–H groups in total. The van der Waals surface area contributed by atoms with Gasteiger partial charge in [-0.1, -0.05) is 19.3 Å². The fourth-order valence-corrected chi connectivity index (χ4v) is 2.50. The van der Waals surface area contributed by atoms with Gasteiger partial charge >= 0.3 is 5.97 Å². The summed E-state index contributed by atoms with van der Waals surface area (Å²) in [4.78, 5) is 26.0. The fourth-order valence-electron chi connectivity index (χ4n) is 2.50. The molecule has 0 spiro atoms. The lowest BCUT2D eigenvalue weighted by Gasteiger charge is -2.20. The predicted molar refractivity (Wildman–Crippen MR) is 67.7 cm³/mol. The van der Waals surface area contributed by atoms with Crippen molar-refractivity contribution in [2.24, 2.45) is 5.92 Å². The van der Waals surface area contributed by atoms with Gasteiger partial charge < -0.3 is 15.4 Å². The number of rotatable bonds is 3. The van der Waals surface area contributed by atoms with Crippen molar-refractivity contribution in [2.75, 3.05) is 5.32 Å². The van der Waals surface area contributed by atoms with Gasteiger partial charge in [-0.05, 0) is 19.8 Å². The number of hydrogen-bond acceptors (Lipinski definition) is 2. The van der Waals surface area contributed by atoms with Gasteiger partial charge in [-0.15, -0.1) is 0 Å². The second kappa shape index (κ2) is 5.25. The Morgan fingerprint density at radius 3 is 2.61 bits per heavy atom. The van der Waals surface area contributed by atoms with Crippen molar-refractivity contribution < 1.29 is 14.7 Å². The number of aromatic carboxylic acids is 1. The number of carbonyl (C=O) groups is 2. The number of carboxylic acids is 1. The number of nitrogens with one attached hydrogen (secondary N) is 2. The lowest BCUT2D eigenvalue weighted by Crippen LogP contribution is -2.25. The molecule has 5 nitrogen and oxygen atoms in total. The molecule has 1 aliphatic carbocycles. The van der Waals surface area contributed by atoms with Crippen LogP contribution in [0.5, 0.6) is 0 Å². The Labute approximate surface area is 106 Å². The molecule has 18 heavy (non-hydrogen) atoms. The molecular formula is C13H18N2O3. The van der Waals surface area contributed by atoms with Gasteiger partial charge in [0.2, 0.25) is 5.91 Å². The van der Waals surface area contributed by atoms with Crippen molar-refractivity contribution in [3.63, 3.8) is 0 Å². The number of amides is 1. The van der Waals surface area contributed by atoms with E-state index in [-0.39, 0.29) is 17.4 Å². The second-order valence-electron chi connectivity index (χ2n) is 4.83. The van der Waals surface area contributed by atoms with Gasteiger partial charge in [-0.25, -0.2) is 4.79 Å². The number of aromatic nitrogens is 1. The van der Waals surface area contributed by atoms with Crippen LogP contribution in [-0.4, -0.2) is 22.0 Å². The van der Waals surface area contributed by atoms with Crippen LogP contribution in [0.15, 0.2) is 6.20 Å². The molecule has 1 aliphatic rings. The van der Waals surface area contributed by atoms with E-state index >= 15 is 0 Å². The molecule has 1 amide bonds. The number of H-pyrrole nitrogens is 1. The van der Waals surface area contributed by atoms with Crippen LogP contribution in [0, 0.1) is 12.8 Å². The minimum Gasteiger partial charge on any atom is -0.478 e. The molecule has 0 aliphatic heterocycles. The Bertz CT molecular complexity index is 459. The van der Waals surface area contributed by atoms with E-state index in [4.69, 9.17) is 5.11 Å². The van der Waals surface area contributed by atoms with Gasteiger partial charge in [0.15, 0.2) is 0 Å². The van der Waals surface area contributed by atoms with Gasteiger partial charge in [0.05, 0.1) is 5.69 Å². The normalized spacial score (nSPS) is 16.5. The van der Waals surface area contributed by atoms with Crippen molar-refractivity contribution >= 4 is 17.6 Å². The first-order valence-corrected chi connectivity index (χ1v) is 6.31. The molecule has 1 aromatic rings. The Morgan fingerprint density at radius 2 is 2.00 bits per heavy atom. The smallest absolute Gasteiger partial charge is 0.339 e. The molecule has 0 unspecified atom stereocenters. The molecule has 1 aromatic heterocycles. The van der Waals surface area contributed by atoms with Crippen LogP contribution in [0.4, 0.5) is 5.69 Å². The number of hydrogen-bond donors (Lipinski definition) is 3. The summed E-state index contributed by atoms with van der Waals surface area (Å²) < 4.78 is 0. The fraction of sp³-hybridized carbons (Fsp3) is 0.538. The molecule has 98 valence electrons. The topological polar surface area (TPSA) is 82.2 Å². The van der Waals surface area contributed by atoms with E-state index in [2.05, 4.69) is 10.3 Å². The first kappa shape index (κ1) is 12.7. The molecular weight excluding hydrogens is 232 g/mol. The number of aromatic amines is 1. The molecule has 0 radical (unpaired) electrons. The lowest BCUT2D eigenvalue weighted by molar-refractivity contribution is -0.120. The number of aryl methyl sites for hydroxylation is 1. The monoisotopic (exact) mass is 250 g/mol. The zero-order valence-corrected chi connectivity index (χ0v) is 10.5. The van der Waals surface area contributed by atoms with E-state index in [9.17, 15) is 9.59 Å². The van der Waals surface area contributed by atoms with Gasteiger partial charge in [-0.2, -0.15) is 0 Å². The summed E-state index contributed by atoms with van der Waals surface area (Å²) in [6, 6.07) is 0. The highest BCUT2D eigenvalue weighted by Crippen LogP contribution is 2.26. The Kier molecular flexibility index (Phi) is 3.69. The molecule has 1 fully saturated rings. The van der Waals surface area contributed by atoms with Crippen LogP contribution in [-0.2, 0) is 4.79 Å². The summed E-state index contributed by atoms with van der Waals surface area (Å²) >= 11 is 0. The van der Waals surface area contributed by atoms with E-state index in [0.717, 1.165) is 25.7 Å². The zero-order valence-electron chi connectivity index (χ0n) is 10.5. The molecule has 0 aromatic carbocycles. The maximum atomic E-state index is 12.0. The largest absolute Gasteiger partial charge is 0.478 e. The van der Waals surface area contributed by atoms with E-state index in [1.54, 1.807) is 13.1 Å². The third kappa shape index (κ3) is 2.55. The van der Waals surface area contributed by atoms with Crippen molar-refractivity contribution in [1.29, 1.82) is 0 Å². The van der Waals surface area contributed by atoms with Gasteiger partial charge in [-0.3, -0.25) is 4.79 Å². The first-order chi connectivity index (χ1) is 8.59. The number of carbonyl (C=O) groups excluding carboxylic acids is 1. The maximum absolute atomic E-state index is 12.0. The Morgan fingerprint density at radius 1 is 1.33 bits per heavy atom.